The molecule has 6 nitrogen and oxygen atoms in total. The average molecular weight is 390 g/mol. The molecule has 1 aliphatic rings. The first kappa shape index (κ1) is 19.2. The van der Waals surface area contributed by atoms with Crippen LogP contribution in [0.2, 0.25) is 0 Å². The second kappa shape index (κ2) is 8.47. The Morgan fingerprint density at radius 1 is 1.03 bits per heavy atom. The number of fused-ring (bicyclic) bond motifs is 1. The molecule has 1 aromatic carbocycles. The Labute approximate surface area is 170 Å². The van der Waals surface area contributed by atoms with E-state index in [0.717, 1.165) is 36.8 Å². The Bertz CT molecular complexity index is 1030. The van der Waals surface area contributed by atoms with Crippen LogP contribution in [-0.4, -0.2) is 27.2 Å². The lowest BCUT2D eigenvalue weighted by atomic mass is 9.95. The second-order valence-electron chi connectivity index (χ2n) is 7.66. The van der Waals surface area contributed by atoms with Crippen molar-refractivity contribution in [3.8, 4) is 0 Å². The first-order valence-electron chi connectivity index (χ1n) is 10.2. The number of hydrogen-bond acceptors (Lipinski definition) is 3. The number of aromatic nitrogens is 2. The van der Waals surface area contributed by atoms with E-state index in [1.165, 1.54) is 6.42 Å². The Hall–Kier alpha value is -3.15. The van der Waals surface area contributed by atoms with Gasteiger partial charge in [0.05, 0.1) is 5.52 Å². The van der Waals surface area contributed by atoms with Gasteiger partial charge in [-0.15, -0.1) is 0 Å². The van der Waals surface area contributed by atoms with Crippen molar-refractivity contribution in [2.45, 2.75) is 51.6 Å². The molecular weight excluding hydrogens is 364 g/mol. The summed E-state index contributed by atoms with van der Waals surface area (Å²) in [7, 11) is 0. The summed E-state index contributed by atoms with van der Waals surface area (Å²) in [6.07, 6.45) is 7.28. The summed E-state index contributed by atoms with van der Waals surface area (Å²) in [6, 6.07) is 13.6. The van der Waals surface area contributed by atoms with E-state index in [1.54, 1.807) is 10.6 Å². The zero-order valence-electron chi connectivity index (χ0n) is 16.6. The fourth-order valence-electron chi connectivity index (χ4n) is 3.93. The van der Waals surface area contributed by atoms with E-state index in [-0.39, 0.29) is 29.4 Å². The van der Waals surface area contributed by atoms with E-state index in [4.69, 9.17) is 0 Å². The topological polar surface area (TPSA) is 75.5 Å². The number of carbonyl (C=O) groups is 2. The van der Waals surface area contributed by atoms with Gasteiger partial charge in [-0.05, 0) is 43.0 Å². The number of nitrogens with zero attached hydrogens (tertiary/aromatic N) is 2. The molecule has 4 rings (SSSR count). The molecule has 1 saturated carbocycles. The molecule has 2 N–H and O–H groups in total. The van der Waals surface area contributed by atoms with Crippen molar-refractivity contribution >= 4 is 17.3 Å². The van der Waals surface area contributed by atoms with Gasteiger partial charge >= 0.3 is 0 Å². The highest BCUT2D eigenvalue weighted by Gasteiger charge is 2.24. The van der Waals surface area contributed by atoms with E-state index in [9.17, 15) is 9.59 Å². The van der Waals surface area contributed by atoms with E-state index in [0.29, 0.717) is 12.1 Å². The molecule has 2 heterocycles. The molecule has 0 saturated heterocycles. The van der Waals surface area contributed by atoms with Gasteiger partial charge in [0.15, 0.2) is 5.69 Å². The van der Waals surface area contributed by atoms with Gasteiger partial charge in [0.2, 0.25) is 5.82 Å². The van der Waals surface area contributed by atoms with Crippen molar-refractivity contribution < 1.29 is 9.59 Å². The molecule has 6 heteroatoms. The number of aryl methyl sites for hydroxylation is 1. The van der Waals surface area contributed by atoms with Crippen LogP contribution >= 0.6 is 0 Å². The van der Waals surface area contributed by atoms with E-state index in [1.807, 2.05) is 49.4 Å². The van der Waals surface area contributed by atoms with Crippen molar-refractivity contribution in [2.24, 2.45) is 0 Å². The van der Waals surface area contributed by atoms with Gasteiger partial charge in [0.1, 0.15) is 0 Å². The van der Waals surface area contributed by atoms with Crippen LogP contribution in [0.1, 0.15) is 64.3 Å². The summed E-state index contributed by atoms with van der Waals surface area (Å²) in [6.45, 7) is 2.43. The Balaban J connectivity index is 1.55. The van der Waals surface area contributed by atoms with Crippen LogP contribution < -0.4 is 10.6 Å². The van der Waals surface area contributed by atoms with Crippen molar-refractivity contribution in [3.63, 3.8) is 0 Å². The van der Waals surface area contributed by atoms with Gasteiger partial charge in [-0.3, -0.25) is 14.0 Å². The highest BCUT2D eigenvalue weighted by molar-refractivity contribution is 6.02. The first-order chi connectivity index (χ1) is 14.1. The standard InChI is InChI=1S/C23H26N4O2/c1-16-9-5-6-10-17(16)15-24-22(28)20-19-13-7-8-14-27(19)21(26-20)23(29)25-18-11-3-2-4-12-18/h5-10,13-14,18H,2-4,11-12,15H2,1H3,(H,24,28)(H,25,29). The number of pyridine rings is 1. The molecule has 150 valence electrons. The molecule has 29 heavy (non-hydrogen) atoms. The summed E-state index contributed by atoms with van der Waals surface area (Å²) < 4.78 is 1.70. The summed E-state index contributed by atoms with van der Waals surface area (Å²) >= 11 is 0. The van der Waals surface area contributed by atoms with Gasteiger partial charge in [0, 0.05) is 18.8 Å². The van der Waals surface area contributed by atoms with Crippen LogP contribution in [0.25, 0.3) is 5.52 Å². The average Bonchev–Trinajstić information content (AvgIpc) is 3.14. The molecule has 2 amide bonds. The largest absolute Gasteiger partial charge is 0.347 e. The second-order valence-corrected chi connectivity index (χ2v) is 7.66. The SMILES string of the molecule is Cc1ccccc1CNC(=O)c1nc(C(=O)NC2CCCCC2)n2ccccc12. The zero-order valence-corrected chi connectivity index (χ0v) is 16.6. The minimum Gasteiger partial charge on any atom is -0.347 e. The number of imidazole rings is 1. The van der Waals surface area contributed by atoms with E-state index < -0.39 is 0 Å². The van der Waals surface area contributed by atoms with E-state index in [2.05, 4.69) is 15.6 Å². The van der Waals surface area contributed by atoms with Gasteiger partial charge in [-0.2, -0.15) is 0 Å². The third kappa shape index (κ3) is 4.16. The Kier molecular flexibility index (Phi) is 5.60. The maximum Gasteiger partial charge on any atom is 0.287 e. The van der Waals surface area contributed by atoms with Gasteiger partial charge in [-0.25, -0.2) is 4.98 Å². The van der Waals surface area contributed by atoms with Crippen LogP contribution in [-0.2, 0) is 6.54 Å². The van der Waals surface area contributed by atoms with Crippen LogP contribution in [0.4, 0.5) is 0 Å². The van der Waals surface area contributed by atoms with Crippen LogP contribution in [0.15, 0.2) is 48.7 Å². The number of amides is 2. The minimum atomic E-state index is -0.284. The zero-order chi connectivity index (χ0) is 20.2. The molecule has 0 atom stereocenters. The van der Waals surface area contributed by atoms with Gasteiger partial charge in [0.25, 0.3) is 11.8 Å². The highest BCUT2D eigenvalue weighted by atomic mass is 16.2. The lowest BCUT2D eigenvalue weighted by Crippen LogP contribution is -2.37. The lowest BCUT2D eigenvalue weighted by molar-refractivity contribution is 0.0916. The fraction of sp³-hybridized carbons (Fsp3) is 0.348. The number of rotatable bonds is 5. The quantitative estimate of drug-likeness (QED) is 0.698. The van der Waals surface area contributed by atoms with Gasteiger partial charge < -0.3 is 10.6 Å². The lowest BCUT2D eigenvalue weighted by Gasteiger charge is -2.22. The summed E-state index contributed by atoms with van der Waals surface area (Å²) in [5, 5.41) is 6.03. The van der Waals surface area contributed by atoms with E-state index >= 15 is 0 Å². The Morgan fingerprint density at radius 2 is 1.79 bits per heavy atom. The smallest absolute Gasteiger partial charge is 0.287 e. The predicted octanol–water partition coefficient (Wildman–Crippen LogP) is 3.64. The maximum atomic E-state index is 12.9. The maximum absolute atomic E-state index is 12.9. The van der Waals surface area contributed by atoms with Crippen LogP contribution in [0.5, 0.6) is 0 Å². The number of carbonyl (C=O) groups excluding carboxylic acids is 2. The van der Waals surface area contributed by atoms with Crippen molar-refractivity contribution in [1.29, 1.82) is 0 Å². The molecule has 3 aromatic rings. The minimum absolute atomic E-state index is 0.186. The molecule has 0 bridgehead atoms. The normalized spacial score (nSPS) is 14.7. The van der Waals surface area contributed by atoms with Crippen molar-refractivity contribution in [2.75, 3.05) is 0 Å². The molecule has 0 unspecified atom stereocenters. The summed E-state index contributed by atoms with van der Waals surface area (Å²) in [4.78, 5) is 30.1. The first-order valence-corrected chi connectivity index (χ1v) is 10.2. The number of benzene rings is 1. The van der Waals surface area contributed by atoms with Crippen molar-refractivity contribution in [1.82, 2.24) is 20.0 Å². The third-order valence-corrected chi connectivity index (χ3v) is 5.61. The number of nitrogens with one attached hydrogen (secondary N) is 2. The fourth-order valence-corrected chi connectivity index (χ4v) is 3.93. The summed E-state index contributed by atoms with van der Waals surface area (Å²) in [5.74, 6) is -0.253. The number of hydrogen-bond donors (Lipinski definition) is 2. The molecule has 0 aliphatic heterocycles. The summed E-state index contributed by atoms with van der Waals surface area (Å²) in [5.41, 5.74) is 3.08. The molecule has 1 aliphatic carbocycles. The van der Waals surface area contributed by atoms with Crippen LogP contribution in [0.3, 0.4) is 0 Å². The molecule has 0 spiro atoms. The highest BCUT2D eigenvalue weighted by Crippen LogP contribution is 2.19. The van der Waals surface area contributed by atoms with Crippen molar-refractivity contribution in [3.05, 3.63) is 71.3 Å². The molecule has 2 aromatic heterocycles. The van der Waals surface area contributed by atoms with Crippen LogP contribution in [0, 0.1) is 6.92 Å². The molecule has 0 radical (unpaired) electrons. The molecule has 1 fully saturated rings. The monoisotopic (exact) mass is 390 g/mol. The predicted molar refractivity (Wildman–Crippen MR) is 112 cm³/mol. The van der Waals surface area contributed by atoms with Gasteiger partial charge in [-0.1, -0.05) is 49.6 Å². The molecular formula is C23H26N4O2. The third-order valence-electron chi connectivity index (χ3n) is 5.61. The Morgan fingerprint density at radius 3 is 2.59 bits per heavy atom.